The van der Waals surface area contributed by atoms with E-state index in [1.807, 2.05) is 55.4 Å². The fourth-order valence-corrected chi connectivity index (χ4v) is 2.67. The Morgan fingerprint density at radius 2 is 2.05 bits per heavy atom. The fraction of sp³-hybridized carbons (Fsp3) is 0.312. The second-order valence-electron chi connectivity index (χ2n) is 5.68. The molecule has 0 bridgehead atoms. The summed E-state index contributed by atoms with van der Waals surface area (Å²) in [6, 6.07) is 10.1. The van der Waals surface area contributed by atoms with E-state index >= 15 is 0 Å². The van der Waals surface area contributed by atoms with Gasteiger partial charge in [-0.3, -0.25) is 9.80 Å². The van der Waals surface area contributed by atoms with Crippen molar-refractivity contribution in [1.29, 1.82) is 0 Å². The highest BCUT2D eigenvalue weighted by molar-refractivity contribution is 5.93. The van der Waals surface area contributed by atoms with Gasteiger partial charge in [0.05, 0.1) is 23.4 Å². The molecule has 20 heavy (non-hydrogen) atoms. The number of ketones is 1. The van der Waals surface area contributed by atoms with E-state index < -0.39 is 5.54 Å². The number of carbonyl (C=O) groups is 1. The number of carbonyl (C=O) groups excluding carboxylic acids is 1. The maximum absolute atomic E-state index is 12.7. The van der Waals surface area contributed by atoms with Gasteiger partial charge in [0.2, 0.25) is 0 Å². The first-order chi connectivity index (χ1) is 9.58. The summed E-state index contributed by atoms with van der Waals surface area (Å²) >= 11 is 0. The summed E-state index contributed by atoms with van der Waals surface area (Å²) in [5.74, 6) is -0.0126. The molecule has 2 aliphatic heterocycles. The van der Waals surface area contributed by atoms with Crippen LogP contribution in [0, 0.1) is 5.92 Å². The van der Waals surface area contributed by atoms with Crippen molar-refractivity contribution in [3.63, 3.8) is 0 Å². The van der Waals surface area contributed by atoms with Crippen LogP contribution in [0.2, 0.25) is 0 Å². The number of hydrogen-bond acceptors (Lipinski definition) is 4. The minimum absolute atomic E-state index is 0.183. The first-order valence-corrected chi connectivity index (χ1v) is 6.75. The third kappa shape index (κ3) is 2.23. The van der Waals surface area contributed by atoms with Crippen molar-refractivity contribution in [2.75, 3.05) is 0 Å². The minimum atomic E-state index is -0.585. The first-order valence-electron chi connectivity index (χ1n) is 6.75. The van der Waals surface area contributed by atoms with Crippen LogP contribution >= 0.6 is 0 Å². The molecule has 4 nitrogen and oxygen atoms in total. The van der Waals surface area contributed by atoms with Gasteiger partial charge in [-0.05, 0) is 25.8 Å². The number of allylic oxidation sites excluding steroid dienone is 1. The van der Waals surface area contributed by atoms with E-state index in [0.717, 1.165) is 11.3 Å². The molecule has 1 saturated heterocycles. The highest BCUT2D eigenvalue weighted by Gasteiger charge is 2.43. The minimum Gasteiger partial charge on any atom is -0.469 e. The lowest BCUT2D eigenvalue weighted by Crippen LogP contribution is -2.61. The zero-order chi connectivity index (χ0) is 14.2. The Labute approximate surface area is 118 Å². The Bertz CT molecular complexity index is 575. The smallest absolute Gasteiger partial charge is 0.163 e. The van der Waals surface area contributed by atoms with E-state index in [0.29, 0.717) is 6.42 Å². The van der Waals surface area contributed by atoms with Gasteiger partial charge in [-0.1, -0.05) is 30.3 Å². The van der Waals surface area contributed by atoms with Crippen LogP contribution in [-0.2, 0) is 16.0 Å². The van der Waals surface area contributed by atoms with Crippen molar-refractivity contribution in [2.24, 2.45) is 5.92 Å². The van der Waals surface area contributed by atoms with Gasteiger partial charge in [0.25, 0.3) is 0 Å². The highest BCUT2D eigenvalue weighted by Crippen LogP contribution is 2.32. The van der Waals surface area contributed by atoms with Crippen LogP contribution in [-0.4, -0.2) is 16.3 Å². The first kappa shape index (κ1) is 12.9. The summed E-state index contributed by atoms with van der Waals surface area (Å²) in [7, 11) is 0. The molecule has 0 radical (unpaired) electrons. The molecular formula is C16H18N2O2. The molecule has 1 atom stereocenters. The van der Waals surface area contributed by atoms with Crippen LogP contribution in [0.1, 0.15) is 19.4 Å². The van der Waals surface area contributed by atoms with Gasteiger partial charge in [0, 0.05) is 0 Å². The molecular weight excluding hydrogens is 252 g/mol. The number of rotatable bonds is 2. The molecule has 1 fully saturated rings. The SMILES string of the molecule is CC1(C)NN2C=COC=C2C(Cc2ccccc2)C1=O. The van der Waals surface area contributed by atoms with Crippen LogP contribution in [0.4, 0.5) is 0 Å². The third-order valence-corrected chi connectivity index (χ3v) is 3.73. The summed E-state index contributed by atoms with van der Waals surface area (Å²) in [5.41, 5.74) is 4.64. The second kappa shape index (κ2) is 4.80. The Morgan fingerprint density at radius 1 is 1.30 bits per heavy atom. The number of Topliss-reactive ketones (excluding diaryl/α,β-unsaturated/α-hetero) is 1. The molecule has 1 aromatic rings. The lowest BCUT2D eigenvalue weighted by atomic mass is 9.81. The normalized spacial score (nSPS) is 23.9. The zero-order valence-electron chi connectivity index (χ0n) is 11.7. The van der Waals surface area contributed by atoms with Crippen molar-refractivity contribution in [1.82, 2.24) is 10.4 Å². The van der Waals surface area contributed by atoms with Crippen molar-refractivity contribution in [3.05, 3.63) is 60.3 Å². The van der Waals surface area contributed by atoms with Crippen LogP contribution in [0.3, 0.4) is 0 Å². The van der Waals surface area contributed by atoms with Gasteiger partial charge in [-0.15, -0.1) is 0 Å². The molecule has 3 rings (SSSR count). The van der Waals surface area contributed by atoms with Crippen LogP contribution in [0.5, 0.6) is 0 Å². The molecule has 0 aliphatic carbocycles. The summed E-state index contributed by atoms with van der Waals surface area (Å²) in [6.45, 7) is 3.82. The monoisotopic (exact) mass is 270 g/mol. The van der Waals surface area contributed by atoms with Gasteiger partial charge in [0.1, 0.15) is 12.5 Å². The van der Waals surface area contributed by atoms with E-state index in [-0.39, 0.29) is 11.7 Å². The maximum atomic E-state index is 12.7. The van der Waals surface area contributed by atoms with E-state index in [2.05, 4.69) is 5.43 Å². The summed E-state index contributed by atoms with van der Waals surface area (Å²) in [5, 5.41) is 1.89. The summed E-state index contributed by atoms with van der Waals surface area (Å²) in [6.07, 6.45) is 5.74. The Kier molecular flexibility index (Phi) is 3.10. The standard InChI is InChI=1S/C16H18N2O2/c1-16(2)15(19)13(10-12-6-4-3-5-7-12)14-11-20-9-8-18(14)17-16/h3-9,11,13,17H,10H2,1-2H3. The molecule has 0 aromatic heterocycles. The average Bonchev–Trinajstić information content (AvgIpc) is 2.44. The zero-order valence-corrected chi connectivity index (χ0v) is 11.7. The van der Waals surface area contributed by atoms with Crippen molar-refractivity contribution in [2.45, 2.75) is 25.8 Å². The molecule has 2 heterocycles. The molecule has 0 spiro atoms. The van der Waals surface area contributed by atoms with Crippen LogP contribution in [0.15, 0.2) is 54.8 Å². The van der Waals surface area contributed by atoms with Gasteiger partial charge in [-0.25, -0.2) is 5.43 Å². The molecule has 1 aromatic carbocycles. The number of hydrogen-bond donors (Lipinski definition) is 1. The predicted molar refractivity (Wildman–Crippen MR) is 76.0 cm³/mol. The van der Waals surface area contributed by atoms with Crippen LogP contribution < -0.4 is 5.43 Å². The number of ether oxygens (including phenoxy) is 1. The number of nitrogens with one attached hydrogen (secondary N) is 1. The van der Waals surface area contributed by atoms with Gasteiger partial charge in [-0.2, -0.15) is 0 Å². The van der Waals surface area contributed by atoms with E-state index in [9.17, 15) is 4.79 Å². The lowest BCUT2D eigenvalue weighted by molar-refractivity contribution is -0.132. The summed E-state index contributed by atoms with van der Waals surface area (Å²) in [4.78, 5) is 12.7. The molecule has 1 N–H and O–H groups in total. The molecule has 104 valence electrons. The van der Waals surface area contributed by atoms with E-state index in [1.54, 1.807) is 12.5 Å². The largest absolute Gasteiger partial charge is 0.469 e. The highest BCUT2D eigenvalue weighted by atomic mass is 16.5. The van der Waals surface area contributed by atoms with E-state index in [1.165, 1.54) is 0 Å². The van der Waals surface area contributed by atoms with Crippen LogP contribution in [0.25, 0.3) is 0 Å². The van der Waals surface area contributed by atoms with Gasteiger partial charge >= 0.3 is 0 Å². The van der Waals surface area contributed by atoms with Crippen molar-refractivity contribution in [3.8, 4) is 0 Å². The lowest BCUT2D eigenvalue weighted by Gasteiger charge is -2.43. The number of nitrogens with zero attached hydrogens (tertiary/aromatic N) is 1. The quantitative estimate of drug-likeness (QED) is 0.895. The third-order valence-electron chi connectivity index (χ3n) is 3.73. The Morgan fingerprint density at radius 3 is 2.80 bits per heavy atom. The van der Waals surface area contributed by atoms with Crippen molar-refractivity contribution >= 4 is 5.78 Å². The van der Waals surface area contributed by atoms with E-state index in [4.69, 9.17) is 4.74 Å². The molecule has 2 aliphatic rings. The molecule has 1 unspecified atom stereocenters. The molecule has 0 amide bonds. The fourth-order valence-electron chi connectivity index (χ4n) is 2.67. The molecule has 4 heteroatoms. The number of hydrazine groups is 1. The topological polar surface area (TPSA) is 41.6 Å². The number of fused-ring (bicyclic) bond motifs is 1. The average molecular weight is 270 g/mol. The summed E-state index contributed by atoms with van der Waals surface area (Å²) < 4.78 is 5.25. The number of benzene rings is 1. The van der Waals surface area contributed by atoms with Gasteiger partial charge in [0.15, 0.2) is 5.78 Å². The van der Waals surface area contributed by atoms with Crippen molar-refractivity contribution < 1.29 is 9.53 Å². The molecule has 0 saturated carbocycles. The predicted octanol–water partition coefficient (Wildman–Crippen LogP) is 2.36. The Balaban J connectivity index is 1.93. The van der Waals surface area contributed by atoms with Gasteiger partial charge < -0.3 is 4.74 Å². The Hall–Kier alpha value is -2.07. The second-order valence-corrected chi connectivity index (χ2v) is 5.68. The maximum Gasteiger partial charge on any atom is 0.163 e.